The van der Waals surface area contributed by atoms with Crippen molar-refractivity contribution in [2.45, 2.75) is 19.0 Å². The van der Waals surface area contributed by atoms with Crippen molar-refractivity contribution in [2.75, 3.05) is 13.1 Å². The van der Waals surface area contributed by atoms with Crippen LogP contribution in [0.2, 0.25) is 10.0 Å². The summed E-state index contributed by atoms with van der Waals surface area (Å²) in [5.41, 5.74) is 6.98. The molecule has 1 fully saturated rings. The maximum Gasteiger partial charge on any atom is 0.0797 e. The number of likely N-dealkylation sites (tertiary alicyclic amines) is 1. The second-order valence-corrected chi connectivity index (χ2v) is 7.30. The molecule has 2 unspecified atom stereocenters. The van der Waals surface area contributed by atoms with Gasteiger partial charge in [-0.05, 0) is 23.3 Å². The fraction of sp³-hybridized carbons (Fsp3) is 0.316. The lowest BCUT2D eigenvalue weighted by atomic mass is 9.86. The number of piperidine rings is 1. The van der Waals surface area contributed by atoms with Gasteiger partial charge in [0.25, 0.3) is 0 Å². The summed E-state index contributed by atoms with van der Waals surface area (Å²) >= 11 is 12.5. The molecule has 0 radical (unpaired) electrons. The molecule has 0 saturated carbocycles. The third kappa shape index (κ3) is 3.16. The summed E-state index contributed by atoms with van der Waals surface area (Å²) in [7, 11) is 0. The molecule has 2 aromatic rings. The number of fused-ring (bicyclic) bond motifs is 1. The van der Waals surface area contributed by atoms with E-state index >= 15 is 0 Å². The summed E-state index contributed by atoms with van der Waals surface area (Å²) in [6.45, 7) is 3.02. The quantitative estimate of drug-likeness (QED) is 0.872. The highest BCUT2D eigenvalue weighted by Crippen LogP contribution is 2.36. The van der Waals surface area contributed by atoms with Gasteiger partial charge >= 0.3 is 0 Å². The van der Waals surface area contributed by atoms with Crippen LogP contribution in [0.15, 0.2) is 53.6 Å². The Balaban J connectivity index is 1.52. The van der Waals surface area contributed by atoms with E-state index in [0.29, 0.717) is 16.0 Å². The molecule has 2 aliphatic heterocycles. The molecule has 1 N–H and O–H groups in total. The molecule has 1 saturated heterocycles. The number of hydrazone groups is 1. The van der Waals surface area contributed by atoms with Gasteiger partial charge in [-0.25, -0.2) is 0 Å². The summed E-state index contributed by atoms with van der Waals surface area (Å²) in [6, 6.07) is 16.5. The molecule has 2 heterocycles. The van der Waals surface area contributed by atoms with Crippen molar-refractivity contribution in [1.82, 2.24) is 10.3 Å². The minimum absolute atomic E-state index is 0.128. The second-order valence-electron chi connectivity index (χ2n) is 6.45. The largest absolute Gasteiger partial charge is 0.302 e. The lowest BCUT2D eigenvalue weighted by Gasteiger charge is -2.33. The number of hydrogen-bond acceptors (Lipinski definition) is 3. The van der Waals surface area contributed by atoms with E-state index in [1.165, 1.54) is 11.3 Å². The maximum absolute atomic E-state index is 6.42. The number of benzene rings is 2. The highest BCUT2D eigenvalue weighted by molar-refractivity contribution is 6.35. The van der Waals surface area contributed by atoms with Gasteiger partial charge in [-0.1, -0.05) is 59.6 Å². The van der Waals surface area contributed by atoms with E-state index in [1.807, 2.05) is 18.2 Å². The van der Waals surface area contributed by atoms with Gasteiger partial charge in [0.1, 0.15) is 0 Å². The van der Waals surface area contributed by atoms with E-state index in [1.54, 1.807) is 0 Å². The zero-order valence-corrected chi connectivity index (χ0v) is 14.8. The fourth-order valence-electron chi connectivity index (χ4n) is 3.64. The number of hydrogen-bond donors (Lipinski definition) is 1. The first-order valence-electron chi connectivity index (χ1n) is 8.24. The monoisotopic (exact) mass is 359 g/mol. The first kappa shape index (κ1) is 15.9. The van der Waals surface area contributed by atoms with Crippen LogP contribution in [0.4, 0.5) is 0 Å². The van der Waals surface area contributed by atoms with Crippen LogP contribution in [0.5, 0.6) is 0 Å². The van der Waals surface area contributed by atoms with Gasteiger partial charge in [-0.2, -0.15) is 5.10 Å². The Morgan fingerprint density at radius 3 is 2.75 bits per heavy atom. The minimum atomic E-state index is 0.128. The standard InChI is InChI=1S/C19H19Cl2N3/c20-14-6-7-15(17(21)10-14)19-16-12-24(9-8-18(16)22-23-19)11-13-4-2-1-3-5-13/h1-7,10,16,19,23H,8-9,11-12H2. The van der Waals surface area contributed by atoms with E-state index in [2.05, 4.69) is 45.8 Å². The van der Waals surface area contributed by atoms with E-state index in [-0.39, 0.29) is 6.04 Å². The number of rotatable bonds is 3. The summed E-state index contributed by atoms with van der Waals surface area (Å²) in [5.74, 6) is 0.362. The van der Waals surface area contributed by atoms with Gasteiger partial charge in [0.05, 0.1) is 6.04 Å². The highest BCUT2D eigenvalue weighted by Gasteiger charge is 2.37. The number of halogens is 2. The average molecular weight is 360 g/mol. The third-order valence-corrected chi connectivity index (χ3v) is 5.43. The van der Waals surface area contributed by atoms with Crippen molar-refractivity contribution in [2.24, 2.45) is 11.0 Å². The van der Waals surface area contributed by atoms with Crippen molar-refractivity contribution in [3.8, 4) is 0 Å². The molecule has 0 amide bonds. The van der Waals surface area contributed by atoms with Gasteiger partial charge in [0.2, 0.25) is 0 Å². The molecular formula is C19H19Cl2N3. The van der Waals surface area contributed by atoms with Crippen LogP contribution < -0.4 is 5.43 Å². The van der Waals surface area contributed by atoms with Crippen LogP contribution in [0.25, 0.3) is 0 Å². The summed E-state index contributed by atoms with van der Waals surface area (Å²) in [4.78, 5) is 2.50. The first-order chi connectivity index (χ1) is 11.7. The molecule has 24 heavy (non-hydrogen) atoms. The predicted octanol–water partition coefficient (Wildman–Crippen LogP) is 4.52. The number of nitrogens with one attached hydrogen (secondary N) is 1. The second kappa shape index (κ2) is 6.75. The van der Waals surface area contributed by atoms with Crippen LogP contribution in [-0.4, -0.2) is 23.7 Å². The van der Waals surface area contributed by atoms with Crippen LogP contribution in [-0.2, 0) is 6.54 Å². The Morgan fingerprint density at radius 1 is 1.12 bits per heavy atom. The highest BCUT2D eigenvalue weighted by atomic mass is 35.5. The van der Waals surface area contributed by atoms with Crippen LogP contribution in [0.1, 0.15) is 23.6 Å². The molecule has 3 nitrogen and oxygen atoms in total. The Hall–Kier alpha value is -1.55. The molecule has 2 atom stereocenters. The normalized spacial score (nSPS) is 23.5. The van der Waals surface area contributed by atoms with Crippen molar-refractivity contribution < 1.29 is 0 Å². The smallest absolute Gasteiger partial charge is 0.0797 e. The van der Waals surface area contributed by atoms with Gasteiger partial charge < -0.3 is 5.43 Å². The maximum atomic E-state index is 6.42. The Morgan fingerprint density at radius 2 is 1.96 bits per heavy atom. The summed E-state index contributed by atoms with van der Waals surface area (Å²) in [5, 5.41) is 5.94. The van der Waals surface area contributed by atoms with Crippen molar-refractivity contribution in [1.29, 1.82) is 0 Å². The predicted molar refractivity (Wildman–Crippen MR) is 99.6 cm³/mol. The lowest BCUT2D eigenvalue weighted by Crippen LogP contribution is -2.41. The Labute approximate surface area is 152 Å². The van der Waals surface area contributed by atoms with Crippen molar-refractivity contribution >= 4 is 28.9 Å². The zero-order valence-electron chi connectivity index (χ0n) is 13.3. The van der Waals surface area contributed by atoms with Crippen LogP contribution in [0.3, 0.4) is 0 Å². The summed E-state index contributed by atoms with van der Waals surface area (Å²) in [6.07, 6.45) is 1.01. The Bertz CT molecular complexity index is 760. The topological polar surface area (TPSA) is 27.6 Å². The molecule has 0 aliphatic carbocycles. The zero-order chi connectivity index (χ0) is 16.5. The lowest BCUT2D eigenvalue weighted by molar-refractivity contribution is 0.220. The molecular weight excluding hydrogens is 341 g/mol. The molecule has 2 aromatic carbocycles. The first-order valence-corrected chi connectivity index (χ1v) is 8.99. The minimum Gasteiger partial charge on any atom is -0.302 e. The average Bonchev–Trinajstić information content (AvgIpc) is 2.99. The van der Waals surface area contributed by atoms with Gasteiger partial charge in [0, 0.05) is 47.7 Å². The van der Waals surface area contributed by atoms with E-state index < -0.39 is 0 Å². The Kier molecular flexibility index (Phi) is 4.49. The van der Waals surface area contributed by atoms with Crippen molar-refractivity contribution in [3.05, 3.63) is 69.7 Å². The SMILES string of the molecule is Clc1ccc(C2NN=C3CCN(Cc4ccccc4)CC32)c(Cl)c1. The van der Waals surface area contributed by atoms with Gasteiger partial charge in [-0.15, -0.1) is 0 Å². The molecule has 0 spiro atoms. The summed E-state index contributed by atoms with van der Waals surface area (Å²) < 4.78 is 0. The molecule has 0 aromatic heterocycles. The van der Waals surface area contributed by atoms with Crippen molar-refractivity contribution in [3.63, 3.8) is 0 Å². The molecule has 0 bridgehead atoms. The molecule has 4 rings (SSSR count). The molecule has 5 heteroatoms. The van der Waals surface area contributed by atoms with Gasteiger partial charge in [-0.3, -0.25) is 4.90 Å². The fourth-order valence-corrected chi connectivity index (χ4v) is 4.16. The number of nitrogens with zero attached hydrogens (tertiary/aromatic N) is 2. The third-order valence-electron chi connectivity index (χ3n) is 4.86. The van der Waals surface area contributed by atoms with E-state index in [4.69, 9.17) is 23.2 Å². The molecule has 2 aliphatic rings. The van der Waals surface area contributed by atoms with Crippen LogP contribution in [0, 0.1) is 5.92 Å². The molecule has 124 valence electrons. The van der Waals surface area contributed by atoms with Crippen LogP contribution >= 0.6 is 23.2 Å². The van der Waals surface area contributed by atoms with E-state index in [0.717, 1.165) is 31.6 Å². The van der Waals surface area contributed by atoms with Gasteiger partial charge in [0.15, 0.2) is 0 Å². The van der Waals surface area contributed by atoms with E-state index in [9.17, 15) is 0 Å².